The van der Waals surface area contributed by atoms with E-state index in [4.69, 9.17) is 0 Å². The monoisotopic (exact) mass is 347 g/mol. The van der Waals surface area contributed by atoms with Crippen molar-refractivity contribution in [2.45, 2.75) is 45.2 Å². The van der Waals surface area contributed by atoms with Crippen LogP contribution in [0.3, 0.4) is 0 Å². The number of nitrogens with one attached hydrogen (secondary N) is 1. The summed E-state index contributed by atoms with van der Waals surface area (Å²) in [6, 6.07) is 8.75. The minimum Gasteiger partial charge on any atom is -0.341 e. The Kier molecular flexibility index (Phi) is 3.93. The van der Waals surface area contributed by atoms with Crippen molar-refractivity contribution in [1.82, 2.24) is 14.9 Å². The Morgan fingerprint density at radius 3 is 2.62 bits per heavy atom. The summed E-state index contributed by atoms with van der Waals surface area (Å²) in [4.78, 5) is 10.7. The fourth-order valence-electron chi connectivity index (χ4n) is 3.14. The first kappa shape index (κ1) is 14.8. The van der Waals surface area contributed by atoms with E-state index in [0.29, 0.717) is 6.04 Å². The van der Waals surface area contributed by atoms with Crippen molar-refractivity contribution < 1.29 is 0 Å². The van der Waals surface area contributed by atoms with Crippen LogP contribution in [0.2, 0.25) is 0 Å². The molecule has 0 bridgehead atoms. The number of benzene rings is 1. The van der Waals surface area contributed by atoms with E-state index in [1.54, 1.807) is 0 Å². The van der Waals surface area contributed by atoms with E-state index < -0.39 is 0 Å². The third-order valence-corrected chi connectivity index (χ3v) is 4.71. The molecule has 2 heterocycles. The van der Waals surface area contributed by atoms with Gasteiger partial charge in [-0.25, -0.2) is 4.98 Å². The van der Waals surface area contributed by atoms with Gasteiger partial charge in [-0.3, -0.25) is 4.90 Å². The number of hydrogen-bond donors (Lipinski definition) is 1. The Morgan fingerprint density at radius 1 is 1.24 bits per heavy atom. The Hall–Kier alpha value is -1.13. The van der Waals surface area contributed by atoms with E-state index in [0.717, 1.165) is 22.5 Å². The first-order valence-electron chi connectivity index (χ1n) is 7.53. The van der Waals surface area contributed by atoms with Gasteiger partial charge in [-0.2, -0.15) is 0 Å². The molecule has 1 aromatic carbocycles. The standard InChI is InChI=1S/C17H22BrN3/c1-17(2,3)21-10-4-5-15(21)16-19-11-14(20-16)12-6-8-13(18)9-7-12/h6-9,11,15H,4-5,10H2,1-3H3,(H,19,20)/t15-/m0/s1. The van der Waals surface area contributed by atoms with Gasteiger partial charge in [-0.1, -0.05) is 28.1 Å². The molecule has 1 aromatic heterocycles. The van der Waals surface area contributed by atoms with Crippen molar-refractivity contribution in [3.05, 3.63) is 40.8 Å². The van der Waals surface area contributed by atoms with Gasteiger partial charge in [0.05, 0.1) is 17.9 Å². The lowest BCUT2D eigenvalue weighted by Crippen LogP contribution is -2.40. The number of imidazole rings is 1. The third-order valence-electron chi connectivity index (χ3n) is 4.18. The van der Waals surface area contributed by atoms with Gasteiger partial charge >= 0.3 is 0 Å². The minimum absolute atomic E-state index is 0.186. The van der Waals surface area contributed by atoms with Crippen LogP contribution in [-0.4, -0.2) is 27.0 Å². The van der Waals surface area contributed by atoms with E-state index in [1.807, 2.05) is 6.20 Å². The lowest BCUT2D eigenvalue weighted by atomic mass is 10.0. The summed E-state index contributed by atoms with van der Waals surface area (Å²) in [5.41, 5.74) is 2.46. The summed E-state index contributed by atoms with van der Waals surface area (Å²) in [5.74, 6) is 1.10. The number of likely N-dealkylation sites (tertiary alicyclic amines) is 1. The Labute approximate surface area is 134 Å². The maximum atomic E-state index is 4.65. The Balaban J connectivity index is 1.86. The number of nitrogens with zero attached hydrogens (tertiary/aromatic N) is 2. The molecule has 1 aliphatic heterocycles. The number of rotatable bonds is 2. The SMILES string of the molecule is CC(C)(C)N1CCC[C@H]1c1ncc(-c2ccc(Br)cc2)[nH]1. The Bertz CT molecular complexity index is 610. The first-order valence-corrected chi connectivity index (χ1v) is 8.32. The molecule has 3 nitrogen and oxygen atoms in total. The van der Waals surface area contributed by atoms with Crippen molar-refractivity contribution >= 4 is 15.9 Å². The number of hydrogen-bond acceptors (Lipinski definition) is 2. The van der Waals surface area contributed by atoms with Crippen LogP contribution < -0.4 is 0 Å². The molecule has 4 heteroatoms. The minimum atomic E-state index is 0.186. The van der Waals surface area contributed by atoms with Crippen molar-refractivity contribution in [1.29, 1.82) is 0 Å². The molecule has 21 heavy (non-hydrogen) atoms. The van der Waals surface area contributed by atoms with Gasteiger partial charge in [0.25, 0.3) is 0 Å². The Morgan fingerprint density at radius 2 is 1.95 bits per heavy atom. The van der Waals surface area contributed by atoms with Gasteiger partial charge in [0.2, 0.25) is 0 Å². The molecule has 0 spiro atoms. The molecular formula is C17H22BrN3. The van der Waals surface area contributed by atoms with Gasteiger partial charge in [0.15, 0.2) is 0 Å². The van der Waals surface area contributed by atoms with Gasteiger partial charge in [0.1, 0.15) is 5.82 Å². The van der Waals surface area contributed by atoms with Crippen LogP contribution in [-0.2, 0) is 0 Å². The summed E-state index contributed by atoms with van der Waals surface area (Å²) >= 11 is 3.47. The van der Waals surface area contributed by atoms with Crippen molar-refractivity contribution in [3.8, 4) is 11.3 Å². The zero-order valence-corrected chi connectivity index (χ0v) is 14.4. The summed E-state index contributed by atoms with van der Waals surface area (Å²) < 4.78 is 1.10. The van der Waals surface area contributed by atoms with Gasteiger partial charge in [0, 0.05) is 10.0 Å². The zero-order chi connectivity index (χ0) is 15.0. The predicted octanol–water partition coefficient (Wildman–Crippen LogP) is 4.77. The molecule has 0 saturated carbocycles. The number of aromatic amines is 1. The highest BCUT2D eigenvalue weighted by Crippen LogP contribution is 2.36. The molecule has 1 aliphatic rings. The second-order valence-electron chi connectivity index (χ2n) is 6.71. The summed E-state index contributed by atoms with van der Waals surface area (Å²) in [6.07, 6.45) is 4.39. The van der Waals surface area contributed by atoms with Crippen LogP contribution in [0.25, 0.3) is 11.3 Å². The highest BCUT2D eigenvalue weighted by Gasteiger charge is 2.35. The lowest BCUT2D eigenvalue weighted by Gasteiger charge is -2.36. The highest BCUT2D eigenvalue weighted by molar-refractivity contribution is 9.10. The first-order chi connectivity index (χ1) is 9.95. The number of halogens is 1. The number of aromatic nitrogens is 2. The van der Waals surface area contributed by atoms with Crippen LogP contribution in [0, 0.1) is 0 Å². The van der Waals surface area contributed by atoms with Crippen LogP contribution in [0.1, 0.15) is 45.5 Å². The van der Waals surface area contributed by atoms with Crippen molar-refractivity contribution in [2.75, 3.05) is 6.54 Å². The lowest BCUT2D eigenvalue weighted by molar-refractivity contribution is 0.117. The molecule has 3 rings (SSSR count). The molecule has 112 valence electrons. The van der Waals surface area contributed by atoms with Crippen LogP contribution in [0.5, 0.6) is 0 Å². The normalized spacial score (nSPS) is 20.1. The zero-order valence-electron chi connectivity index (χ0n) is 12.9. The highest BCUT2D eigenvalue weighted by atomic mass is 79.9. The topological polar surface area (TPSA) is 31.9 Å². The van der Waals surface area contributed by atoms with E-state index >= 15 is 0 Å². The van der Waals surface area contributed by atoms with Crippen LogP contribution in [0.15, 0.2) is 34.9 Å². The molecule has 0 radical (unpaired) electrons. The van der Waals surface area contributed by atoms with Crippen molar-refractivity contribution in [3.63, 3.8) is 0 Å². The van der Waals surface area contributed by atoms with Gasteiger partial charge < -0.3 is 4.98 Å². The average molecular weight is 348 g/mol. The molecule has 1 N–H and O–H groups in total. The smallest absolute Gasteiger partial charge is 0.123 e. The van der Waals surface area contributed by atoms with E-state index in [9.17, 15) is 0 Å². The van der Waals surface area contributed by atoms with Gasteiger partial charge in [-0.15, -0.1) is 0 Å². The molecule has 0 unspecified atom stereocenters. The molecule has 1 saturated heterocycles. The quantitative estimate of drug-likeness (QED) is 0.847. The maximum Gasteiger partial charge on any atom is 0.123 e. The molecule has 0 aliphatic carbocycles. The van der Waals surface area contributed by atoms with Crippen molar-refractivity contribution in [2.24, 2.45) is 0 Å². The third kappa shape index (κ3) is 3.06. The molecular weight excluding hydrogens is 326 g/mol. The predicted molar refractivity (Wildman–Crippen MR) is 90.2 cm³/mol. The second-order valence-corrected chi connectivity index (χ2v) is 7.63. The summed E-state index contributed by atoms with van der Waals surface area (Å²) in [5, 5.41) is 0. The molecule has 0 amide bonds. The fraction of sp³-hybridized carbons (Fsp3) is 0.471. The van der Waals surface area contributed by atoms with E-state index in [1.165, 1.54) is 18.4 Å². The summed E-state index contributed by atoms with van der Waals surface area (Å²) in [7, 11) is 0. The molecule has 1 atom stereocenters. The second kappa shape index (κ2) is 5.58. The summed E-state index contributed by atoms with van der Waals surface area (Å²) in [6.45, 7) is 8.00. The largest absolute Gasteiger partial charge is 0.341 e. The molecule has 2 aromatic rings. The average Bonchev–Trinajstić information content (AvgIpc) is 3.07. The fourth-order valence-corrected chi connectivity index (χ4v) is 3.40. The number of H-pyrrole nitrogens is 1. The van der Waals surface area contributed by atoms with E-state index in [2.05, 4.69) is 75.8 Å². The maximum absolute atomic E-state index is 4.65. The van der Waals surface area contributed by atoms with E-state index in [-0.39, 0.29) is 5.54 Å². The van der Waals surface area contributed by atoms with Crippen LogP contribution in [0.4, 0.5) is 0 Å². The molecule has 1 fully saturated rings. The van der Waals surface area contributed by atoms with Gasteiger partial charge in [-0.05, 0) is 57.9 Å². The van der Waals surface area contributed by atoms with Crippen LogP contribution >= 0.6 is 15.9 Å².